The minimum Gasteiger partial charge on any atom is -0.476 e. The van der Waals surface area contributed by atoms with Crippen LogP contribution in [0.1, 0.15) is 49.8 Å². The Labute approximate surface area is 192 Å². The quantitative estimate of drug-likeness (QED) is 0.370. The Hall–Kier alpha value is -3.35. The molecule has 0 spiro atoms. The second kappa shape index (κ2) is 9.42. The molecule has 0 aliphatic heterocycles. The summed E-state index contributed by atoms with van der Waals surface area (Å²) in [5.41, 5.74) is 1.24. The number of rotatable bonds is 5. The first-order valence-electron chi connectivity index (χ1n) is 9.93. The van der Waals surface area contributed by atoms with Gasteiger partial charge in [-0.25, -0.2) is 14.8 Å². The van der Waals surface area contributed by atoms with E-state index in [9.17, 15) is 4.79 Å². The van der Waals surface area contributed by atoms with Crippen molar-refractivity contribution in [3.05, 3.63) is 34.3 Å². The zero-order valence-electron chi connectivity index (χ0n) is 18.6. The summed E-state index contributed by atoms with van der Waals surface area (Å²) >= 11 is 3.36. The van der Waals surface area contributed by atoms with E-state index in [-0.39, 0.29) is 11.7 Å². The summed E-state index contributed by atoms with van der Waals surface area (Å²) in [5.74, 6) is 1.57. The lowest BCUT2D eigenvalue weighted by Gasteiger charge is -2.10. The first-order valence-corrected chi connectivity index (χ1v) is 10.7. The van der Waals surface area contributed by atoms with Crippen molar-refractivity contribution in [1.29, 1.82) is 0 Å². The topological polar surface area (TPSA) is 148 Å². The number of aromatic carboxylic acids is 1. The number of anilines is 2. The van der Waals surface area contributed by atoms with Crippen LogP contribution in [0, 0.1) is 13.8 Å². The van der Waals surface area contributed by atoms with Crippen LogP contribution < -0.4 is 10.6 Å². The van der Waals surface area contributed by atoms with Gasteiger partial charge in [-0.3, -0.25) is 8.80 Å². The van der Waals surface area contributed by atoms with Gasteiger partial charge in [0.1, 0.15) is 16.3 Å². The fraction of sp³-hybridized carbons (Fsp3) is 0.421. The third-order valence-corrected chi connectivity index (χ3v) is 4.55. The highest BCUT2D eigenvalue weighted by atomic mass is 79.9. The highest BCUT2D eigenvalue weighted by Crippen LogP contribution is 2.18. The number of aromatic nitrogens is 8. The number of aryl methyl sites for hydroxylation is 2. The van der Waals surface area contributed by atoms with Gasteiger partial charge in [0, 0.05) is 24.5 Å². The summed E-state index contributed by atoms with van der Waals surface area (Å²) in [7, 11) is 0. The second-order valence-electron chi connectivity index (χ2n) is 7.67. The summed E-state index contributed by atoms with van der Waals surface area (Å²) in [5, 5.41) is 31.3. The molecule has 0 bridgehead atoms. The third kappa shape index (κ3) is 5.10. The van der Waals surface area contributed by atoms with Crippen LogP contribution >= 0.6 is 15.9 Å². The highest BCUT2D eigenvalue weighted by Gasteiger charge is 2.15. The molecule has 4 aromatic heterocycles. The van der Waals surface area contributed by atoms with Gasteiger partial charge in [-0.1, -0.05) is 0 Å². The van der Waals surface area contributed by atoms with Crippen LogP contribution in [-0.2, 0) is 0 Å². The van der Waals surface area contributed by atoms with Crippen molar-refractivity contribution in [3.8, 4) is 0 Å². The van der Waals surface area contributed by atoms with E-state index in [1.807, 2.05) is 31.4 Å². The maximum Gasteiger partial charge on any atom is 0.356 e. The van der Waals surface area contributed by atoms with Gasteiger partial charge in [0.25, 0.3) is 0 Å². The molecule has 4 heterocycles. The van der Waals surface area contributed by atoms with E-state index in [1.54, 1.807) is 11.3 Å². The molecule has 0 unspecified atom stereocenters. The van der Waals surface area contributed by atoms with E-state index in [2.05, 4.69) is 70.8 Å². The van der Waals surface area contributed by atoms with Crippen LogP contribution in [0.2, 0.25) is 0 Å². The molecule has 12 nitrogen and oxygen atoms in total. The van der Waals surface area contributed by atoms with Crippen molar-refractivity contribution >= 4 is 44.8 Å². The van der Waals surface area contributed by atoms with E-state index in [0.29, 0.717) is 23.3 Å². The Kier molecular flexibility index (Phi) is 6.87. The number of hydrogen-bond donors (Lipinski definition) is 3. The van der Waals surface area contributed by atoms with Crippen LogP contribution in [0.25, 0.3) is 11.3 Å². The Morgan fingerprint density at radius 1 is 0.875 bits per heavy atom. The lowest BCUT2D eigenvalue weighted by Crippen LogP contribution is -2.15. The summed E-state index contributed by atoms with van der Waals surface area (Å²) in [6.07, 6.45) is 3.27. The Bertz CT molecular complexity index is 1260. The fourth-order valence-corrected chi connectivity index (χ4v) is 3.21. The molecule has 13 heteroatoms. The number of hydrogen-bond acceptors (Lipinski definition) is 9. The van der Waals surface area contributed by atoms with Crippen LogP contribution in [0.5, 0.6) is 0 Å². The molecule has 170 valence electrons. The average molecular weight is 505 g/mol. The molecule has 4 aromatic rings. The van der Waals surface area contributed by atoms with E-state index in [1.165, 1.54) is 6.20 Å². The van der Waals surface area contributed by atoms with Crippen LogP contribution in [0.4, 0.5) is 11.6 Å². The Morgan fingerprint density at radius 2 is 1.34 bits per heavy atom. The van der Waals surface area contributed by atoms with Crippen molar-refractivity contribution in [2.45, 2.75) is 53.6 Å². The molecule has 0 aromatic carbocycles. The first kappa shape index (κ1) is 23.3. The maximum absolute atomic E-state index is 11.0. The van der Waals surface area contributed by atoms with E-state index in [0.717, 1.165) is 21.9 Å². The minimum absolute atomic E-state index is 0.0384. The van der Waals surface area contributed by atoms with Gasteiger partial charge >= 0.3 is 5.97 Å². The van der Waals surface area contributed by atoms with Crippen molar-refractivity contribution in [2.24, 2.45) is 0 Å². The number of halogens is 1. The molecule has 4 rings (SSSR count). The normalized spacial score (nSPS) is 11.2. The summed E-state index contributed by atoms with van der Waals surface area (Å²) in [4.78, 5) is 19.3. The molecule has 0 aliphatic rings. The van der Waals surface area contributed by atoms with Crippen LogP contribution in [0.15, 0.2) is 17.0 Å². The molecule has 0 saturated carbocycles. The Balaban J connectivity index is 0.000000182. The minimum atomic E-state index is -1.08. The van der Waals surface area contributed by atoms with Crippen LogP contribution in [0.3, 0.4) is 0 Å². The lowest BCUT2D eigenvalue weighted by molar-refractivity contribution is 0.0690. The molecule has 0 aliphatic carbocycles. The predicted octanol–water partition coefficient (Wildman–Crippen LogP) is 2.97. The molecule has 0 atom stereocenters. The van der Waals surface area contributed by atoms with Gasteiger partial charge in [0.15, 0.2) is 17.3 Å². The number of nitrogens with zero attached hydrogens (tertiary/aromatic N) is 8. The zero-order chi connectivity index (χ0) is 23.6. The maximum atomic E-state index is 11.0. The SMILES string of the molecule is Cc1nnc2c(NC(C)C)nc(Br)cn12.Cc1nnc2c(NC(C)C)nc(C(=O)O)cn12. The van der Waals surface area contributed by atoms with Gasteiger partial charge < -0.3 is 15.7 Å². The summed E-state index contributed by atoms with van der Waals surface area (Å²) in [6, 6.07) is 0.444. The summed E-state index contributed by atoms with van der Waals surface area (Å²) in [6.45, 7) is 11.7. The van der Waals surface area contributed by atoms with Gasteiger partial charge in [0.2, 0.25) is 11.3 Å². The predicted molar refractivity (Wildman–Crippen MR) is 123 cm³/mol. The molecular formula is C19H25BrN10O2. The molecular weight excluding hydrogens is 480 g/mol. The van der Waals surface area contributed by atoms with Crippen molar-refractivity contribution in [2.75, 3.05) is 10.6 Å². The van der Waals surface area contributed by atoms with E-state index in [4.69, 9.17) is 5.11 Å². The largest absolute Gasteiger partial charge is 0.476 e. The van der Waals surface area contributed by atoms with Crippen molar-refractivity contribution < 1.29 is 9.90 Å². The molecule has 3 N–H and O–H groups in total. The van der Waals surface area contributed by atoms with E-state index >= 15 is 0 Å². The highest BCUT2D eigenvalue weighted by molar-refractivity contribution is 9.10. The van der Waals surface area contributed by atoms with Gasteiger partial charge in [-0.15, -0.1) is 20.4 Å². The third-order valence-electron chi connectivity index (χ3n) is 4.16. The number of fused-ring (bicyclic) bond motifs is 2. The fourth-order valence-electron chi connectivity index (χ4n) is 2.83. The lowest BCUT2D eigenvalue weighted by atomic mass is 10.4. The first-order chi connectivity index (χ1) is 15.1. The van der Waals surface area contributed by atoms with Gasteiger partial charge in [0.05, 0.1) is 0 Å². The molecule has 0 radical (unpaired) electrons. The molecule has 0 fully saturated rings. The number of carbonyl (C=O) groups is 1. The molecule has 0 amide bonds. The van der Waals surface area contributed by atoms with Crippen molar-refractivity contribution in [3.63, 3.8) is 0 Å². The number of nitrogens with one attached hydrogen (secondary N) is 2. The van der Waals surface area contributed by atoms with Crippen molar-refractivity contribution in [1.82, 2.24) is 39.2 Å². The standard InChI is InChI=1S/C10H13N5O2.C9H12BrN5/c1-5(2)11-8-9-14-13-6(3)15(9)4-7(12-8)10(16)17;1-5(2)11-8-9-14-13-6(3)15(9)4-7(10)12-8/h4-5H,1-3H3,(H,11,12)(H,16,17);4-5H,1-3H3,(H,11,12). The van der Waals surface area contributed by atoms with E-state index < -0.39 is 5.97 Å². The zero-order valence-corrected chi connectivity index (χ0v) is 20.2. The Morgan fingerprint density at radius 3 is 1.81 bits per heavy atom. The van der Waals surface area contributed by atoms with Gasteiger partial charge in [-0.05, 0) is 57.5 Å². The number of carboxylic acids is 1. The summed E-state index contributed by atoms with van der Waals surface area (Å²) < 4.78 is 4.28. The monoisotopic (exact) mass is 504 g/mol. The average Bonchev–Trinajstić information content (AvgIpc) is 3.25. The smallest absolute Gasteiger partial charge is 0.356 e. The second-order valence-corrected chi connectivity index (χ2v) is 8.48. The van der Waals surface area contributed by atoms with Gasteiger partial charge in [-0.2, -0.15) is 0 Å². The van der Waals surface area contributed by atoms with Crippen LogP contribution in [-0.4, -0.2) is 62.3 Å². The molecule has 0 saturated heterocycles. The molecule has 32 heavy (non-hydrogen) atoms. The number of carboxylic acid groups (broad SMARTS) is 1.